The average Bonchev–Trinajstić information content (AvgIpc) is 3.57. The Balaban J connectivity index is 1.25. The molecule has 5 heterocycles. The molecule has 210 valence electrons. The van der Waals surface area contributed by atoms with Crippen LogP contribution in [0.4, 0.5) is 13.2 Å². The van der Waals surface area contributed by atoms with Crippen LogP contribution in [0.2, 0.25) is 0 Å². The summed E-state index contributed by atoms with van der Waals surface area (Å²) in [6, 6.07) is 5.79. The van der Waals surface area contributed by atoms with Crippen LogP contribution >= 0.6 is 34.4 Å². The maximum Gasteiger partial charge on any atom is 0.443 e. The predicted molar refractivity (Wildman–Crippen MR) is 148 cm³/mol. The Bertz CT molecular complexity index is 1300. The minimum absolute atomic E-state index is 0.0199. The molecule has 1 spiro atoms. The van der Waals surface area contributed by atoms with Crippen LogP contribution in [-0.2, 0) is 29.5 Å². The van der Waals surface area contributed by atoms with Crippen LogP contribution in [0.25, 0.3) is 0 Å². The number of rotatable bonds is 7. The Morgan fingerprint density at radius 1 is 1.26 bits per heavy atom. The minimum atomic E-state index is -4.42. The van der Waals surface area contributed by atoms with Gasteiger partial charge in [0.25, 0.3) is 5.91 Å². The molecule has 0 saturated carbocycles. The highest BCUT2D eigenvalue weighted by molar-refractivity contribution is 7.99. The molecule has 1 N–H and O–H groups in total. The first-order valence-corrected chi connectivity index (χ1v) is 15.6. The minimum Gasteiger partial charge on any atom is -0.366 e. The van der Waals surface area contributed by atoms with E-state index in [0.717, 1.165) is 33.2 Å². The van der Waals surface area contributed by atoms with Gasteiger partial charge >= 0.3 is 6.18 Å². The lowest BCUT2D eigenvalue weighted by Gasteiger charge is -2.46. The number of aromatic nitrogens is 2. The highest BCUT2D eigenvalue weighted by atomic mass is 32.2. The van der Waals surface area contributed by atoms with Crippen molar-refractivity contribution in [3.63, 3.8) is 0 Å². The zero-order valence-corrected chi connectivity index (χ0v) is 24.5. The van der Waals surface area contributed by atoms with Crippen molar-refractivity contribution in [1.29, 1.82) is 0 Å². The van der Waals surface area contributed by atoms with Crippen LogP contribution < -0.4 is 5.32 Å². The van der Waals surface area contributed by atoms with E-state index in [0.29, 0.717) is 53.6 Å². The van der Waals surface area contributed by atoms with Crippen molar-refractivity contribution in [2.24, 2.45) is 0 Å². The Labute approximate surface area is 238 Å². The van der Waals surface area contributed by atoms with E-state index < -0.39 is 16.8 Å². The SMILES string of the molecule is CCSc1ccc(CNC(=O)c2cc3c(s2)C2(CCN(C(C)c4cnc(C(F)(F)F)s4)CC2)OC(C)C3)nc1. The van der Waals surface area contributed by atoms with Gasteiger partial charge in [-0.2, -0.15) is 13.2 Å². The van der Waals surface area contributed by atoms with Gasteiger partial charge < -0.3 is 10.1 Å². The van der Waals surface area contributed by atoms with E-state index in [1.54, 1.807) is 11.8 Å². The number of thiazole rings is 1. The highest BCUT2D eigenvalue weighted by Crippen LogP contribution is 2.48. The van der Waals surface area contributed by atoms with E-state index in [4.69, 9.17) is 4.74 Å². The molecule has 2 unspecified atom stereocenters. The number of hydrogen-bond acceptors (Lipinski definition) is 8. The normalized spacial score (nSPS) is 20.1. The number of halogens is 3. The summed E-state index contributed by atoms with van der Waals surface area (Å²) < 4.78 is 45.7. The molecule has 0 aromatic carbocycles. The quantitative estimate of drug-likeness (QED) is 0.307. The summed E-state index contributed by atoms with van der Waals surface area (Å²) in [5, 5.41) is 2.19. The Morgan fingerprint density at radius 2 is 2.03 bits per heavy atom. The van der Waals surface area contributed by atoms with Crippen molar-refractivity contribution in [1.82, 2.24) is 20.2 Å². The van der Waals surface area contributed by atoms with Crippen molar-refractivity contribution >= 4 is 40.3 Å². The lowest BCUT2D eigenvalue weighted by atomic mass is 9.83. The molecule has 5 rings (SSSR count). The maximum absolute atomic E-state index is 13.1. The van der Waals surface area contributed by atoms with Gasteiger partial charge in [0, 0.05) is 46.2 Å². The van der Waals surface area contributed by atoms with E-state index in [2.05, 4.69) is 34.0 Å². The predicted octanol–water partition coefficient (Wildman–Crippen LogP) is 6.67. The van der Waals surface area contributed by atoms with Crippen molar-refractivity contribution in [2.45, 2.75) is 75.4 Å². The fourth-order valence-corrected chi connectivity index (χ4v) is 8.09. The summed E-state index contributed by atoms with van der Waals surface area (Å²) in [6.45, 7) is 7.81. The van der Waals surface area contributed by atoms with Gasteiger partial charge in [-0.25, -0.2) is 4.98 Å². The van der Waals surface area contributed by atoms with Gasteiger partial charge in [-0.1, -0.05) is 6.92 Å². The number of ether oxygens (including phenoxy) is 1. The van der Waals surface area contributed by atoms with Gasteiger partial charge in [0.1, 0.15) is 5.60 Å². The average molecular weight is 597 g/mol. The third kappa shape index (κ3) is 6.19. The third-order valence-electron chi connectivity index (χ3n) is 7.25. The summed E-state index contributed by atoms with van der Waals surface area (Å²) >= 11 is 3.93. The number of thioether (sulfide) groups is 1. The first-order chi connectivity index (χ1) is 18.6. The molecule has 2 aliphatic rings. The molecule has 0 radical (unpaired) electrons. The largest absolute Gasteiger partial charge is 0.443 e. The summed E-state index contributed by atoms with van der Waals surface area (Å²) in [5.74, 6) is 0.860. The van der Waals surface area contributed by atoms with Crippen LogP contribution in [0.15, 0.2) is 35.5 Å². The molecule has 1 amide bonds. The van der Waals surface area contributed by atoms with Gasteiger partial charge in [-0.15, -0.1) is 34.4 Å². The number of alkyl halides is 3. The van der Waals surface area contributed by atoms with Gasteiger partial charge in [0.2, 0.25) is 0 Å². The zero-order chi connectivity index (χ0) is 27.8. The second-order valence-corrected chi connectivity index (χ2v) is 13.4. The Hall–Kier alpha value is -1.99. The van der Waals surface area contributed by atoms with E-state index in [1.807, 2.05) is 31.3 Å². The van der Waals surface area contributed by atoms with E-state index >= 15 is 0 Å². The summed E-state index contributed by atoms with van der Waals surface area (Å²) in [4.78, 5) is 26.8. The Morgan fingerprint density at radius 3 is 2.67 bits per heavy atom. The maximum atomic E-state index is 13.1. The fraction of sp³-hybridized carbons (Fsp3) is 0.519. The highest BCUT2D eigenvalue weighted by Gasteiger charge is 2.45. The molecule has 2 atom stereocenters. The molecule has 6 nitrogen and oxygen atoms in total. The van der Waals surface area contributed by atoms with Gasteiger partial charge in [-0.3, -0.25) is 14.7 Å². The lowest BCUT2D eigenvalue weighted by Crippen LogP contribution is -2.48. The second kappa shape index (κ2) is 11.5. The van der Waals surface area contributed by atoms with Crippen LogP contribution in [-0.4, -0.2) is 45.7 Å². The molecule has 0 aliphatic carbocycles. The number of carbonyl (C=O) groups excluding carboxylic acids is 1. The number of nitrogens with zero attached hydrogens (tertiary/aromatic N) is 3. The van der Waals surface area contributed by atoms with Crippen molar-refractivity contribution in [2.75, 3.05) is 18.8 Å². The molecular formula is C27H31F3N4O2S3. The first-order valence-electron chi connectivity index (χ1n) is 13.0. The second-order valence-electron chi connectivity index (χ2n) is 9.97. The fourth-order valence-electron chi connectivity index (χ4n) is 5.30. The molecule has 3 aromatic heterocycles. The molecule has 1 saturated heterocycles. The topological polar surface area (TPSA) is 67.4 Å². The first kappa shape index (κ1) is 28.5. The number of pyridine rings is 1. The number of carbonyl (C=O) groups is 1. The number of piperidine rings is 1. The summed E-state index contributed by atoms with van der Waals surface area (Å²) in [5.41, 5.74) is 1.48. The number of likely N-dealkylation sites (tertiary alicyclic amines) is 1. The number of fused-ring (bicyclic) bond motifs is 2. The third-order valence-corrected chi connectivity index (χ3v) is 10.7. The van der Waals surface area contributed by atoms with Crippen molar-refractivity contribution in [3.8, 4) is 0 Å². The van der Waals surface area contributed by atoms with Crippen LogP contribution in [0, 0.1) is 0 Å². The summed E-state index contributed by atoms with van der Waals surface area (Å²) in [6.07, 6.45) is 0.958. The molecule has 0 bridgehead atoms. The zero-order valence-electron chi connectivity index (χ0n) is 22.0. The number of hydrogen-bond donors (Lipinski definition) is 1. The van der Waals surface area contributed by atoms with Crippen molar-refractivity contribution < 1.29 is 22.7 Å². The summed E-state index contributed by atoms with van der Waals surface area (Å²) in [7, 11) is 0. The molecule has 3 aromatic rings. The number of amides is 1. The van der Waals surface area contributed by atoms with Gasteiger partial charge in [-0.05, 0) is 62.6 Å². The lowest BCUT2D eigenvalue weighted by molar-refractivity contribution is -0.137. The molecule has 1 fully saturated rings. The van der Waals surface area contributed by atoms with Crippen LogP contribution in [0.3, 0.4) is 0 Å². The Kier molecular flexibility index (Phi) is 8.40. The van der Waals surface area contributed by atoms with Crippen LogP contribution in [0.1, 0.15) is 75.3 Å². The standard InChI is InChI=1S/C27H31F3N4O2S3/c1-4-37-20-6-5-19(31-14-20)13-32-24(35)21-12-18-11-16(2)36-26(23(18)38-21)7-9-34(10-8-26)17(3)22-15-33-25(39-22)27(28,29)30/h5-6,12,14-17H,4,7-11,13H2,1-3H3,(H,32,35). The van der Waals surface area contributed by atoms with Crippen molar-refractivity contribution in [3.05, 3.63) is 61.5 Å². The number of nitrogens with one attached hydrogen (secondary N) is 1. The van der Waals surface area contributed by atoms with Gasteiger partial charge in [0.15, 0.2) is 5.01 Å². The smallest absolute Gasteiger partial charge is 0.366 e. The van der Waals surface area contributed by atoms with E-state index in [1.165, 1.54) is 17.5 Å². The van der Waals surface area contributed by atoms with Gasteiger partial charge in [0.05, 0.1) is 23.2 Å². The van der Waals surface area contributed by atoms with Crippen LogP contribution in [0.5, 0.6) is 0 Å². The number of thiophene rings is 1. The molecule has 2 aliphatic heterocycles. The van der Waals surface area contributed by atoms with E-state index in [-0.39, 0.29) is 18.1 Å². The van der Waals surface area contributed by atoms with E-state index in [9.17, 15) is 18.0 Å². The molecule has 12 heteroatoms. The molecular weight excluding hydrogens is 566 g/mol. The molecule has 39 heavy (non-hydrogen) atoms. The monoisotopic (exact) mass is 596 g/mol.